The third-order valence-electron chi connectivity index (χ3n) is 4.85. The summed E-state index contributed by atoms with van der Waals surface area (Å²) in [7, 11) is 0. The number of rotatable bonds is 4. The maximum atomic E-state index is 12.8. The molecule has 0 fully saturated rings. The smallest absolute Gasteiger partial charge is 0.426 e. The van der Waals surface area contributed by atoms with Crippen LogP contribution in [0.2, 0.25) is 0 Å². The molecule has 0 bridgehead atoms. The van der Waals surface area contributed by atoms with Gasteiger partial charge >= 0.3 is 6.18 Å². The number of benzene rings is 2. The van der Waals surface area contributed by atoms with E-state index in [0.29, 0.717) is 16.8 Å². The Hall–Kier alpha value is -4.48. The van der Waals surface area contributed by atoms with Crippen LogP contribution in [0.1, 0.15) is 21.7 Å². The Morgan fingerprint density at radius 2 is 1.79 bits per heavy atom. The molecule has 2 N–H and O–H groups in total. The Labute approximate surface area is 183 Å². The minimum atomic E-state index is -4.61. The highest BCUT2D eigenvalue weighted by Crippen LogP contribution is 2.29. The van der Waals surface area contributed by atoms with Gasteiger partial charge in [-0.25, -0.2) is 9.97 Å². The highest BCUT2D eigenvalue weighted by Gasteiger charge is 2.33. The SMILES string of the molecule is Cc1nc(C(F)(F)F)ccc1C(=O)Nc1ccc(-c2nc3ccc([N+](=O)[O-])cc3n2O)cc1. The first-order valence-corrected chi connectivity index (χ1v) is 9.37. The summed E-state index contributed by atoms with van der Waals surface area (Å²) in [5.74, 6) is -0.505. The van der Waals surface area contributed by atoms with E-state index in [4.69, 9.17) is 0 Å². The van der Waals surface area contributed by atoms with Crippen LogP contribution >= 0.6 is 0 Å². The van der Waals surface area contributed by atoms with Crippen molar-refractivity contribution in [3.8, 4) is 11.4 Å². The second kappa shape index (κ2) is 7.89. The van der Waals surface area contributed by atoms with Crippen molar-refractivity contribution in [2.24, 2.45) is 0 Å². The fraction of sp³-hybridized carbons (Fsp3) is 0.0952. The molecular weight excluding hydrogens is 443 g/mol. The summed E-state index contributed by atoms with van der Waals surface area (Å²) >= 11 is 0. The third-order valence-corrected chi connectivity index (χ3v) is 4.85. The number of alkyl halides is 3. The summed E-state index contributed by atoms with van der Waals surface area (Å²) in [5, 5.41) is 23.9. The Morgan fingerprint density at radius 3 is 2.39 bits per heavy atom. The average Bonchev–Trinajstić information content (AvgIpc) is 3.09. The van der Waals surface area contributed by atoms with Gasteiger partial charge in [-0.15, -0.1) is 0 Å². The van der Waals surface area contributed by atoms with Crippen molar-refractivity contribution < 1.29 is 28.1 Å². The summed E-state index contributed by atoms with van der Waals surface area (Å²) < 4.78 is 39.0. The number of nitro benzene ring substituents is 1. The summed E-state index contributed by atoms with van der Waals surface area (Å²) in [6, 6.07) is 11.8. The molecule has 2 aromatic carbocycles. The maximum Gasteiger partial charge on any atom is 0.433 e. The number of imidazole rings is 1. The number of nitrogens with one attached hydrogen (secondary N) is 1. The van der Waals surface area contributed by atoms with Crippen molar-refractivity contribution in [3.63, 3.8) is 0 Å². The second-order valence-corrected chi connectivity index (χ2v) is 7.04. The summed E-state index contributed by atoms with van der Waals surface area (Å²) in [4.78, 5) is 30.5. The van der Waals surface area contributed by atoms with Gasteiger partial charge in [0, 0.05) is 23.4 Å². The van der Waals surface area contributed by atoms with Crippen LogP contribution in [0.15, 0.2) is 54.6 Å². The normalized spacial score (nSPS) is 11.5. The first kappa shape index (κ1) is 21.7. The zero-order chi connectivity index (χ0) is 23.9. The van der Waals surface area contributed by atoms with Crippen LogP contribution in [0.5, 0.6) is 0 Å². The fourth-order valence-corrected chi connectivity index (χ4v) is 3.21. The minimum absolute atomic E-state index is 0.00850. The van der Waals surface area contributed by atoms with Gasteiger partial charge in [-0.1, -0.05) is 0 Å². The van der Waals surface area contributed by atoms with E-state index in [1.54, 1.807) is 12.1 Å². The van der Waals surface area contributed by atoms with Crippen molar-refractivity contribution in [3.05, 3.63) is 81.7 Å². The number of hydrogen-bond donors (Lipinski definition) is 2. The van der Waals surface area contributed by atoms with Crippen LogP contribution in [0.4, 0.5) is 24.5 Å². The number of aromatic nitrogens is 3. The van der Waals surface area contributed by atoms with Crippen molar-refractivity contribution >= 4 is 28.3 Å². The Kier molecular flexibility index (Phi) is 5.20. The number of aryl methyl sites for hydroxylation is 1. The molecule has 0 atom stereocenters. The number of nitrogens with zero attached hydrogens (tertiary/aromatic N) is 4. The quantitative estimate of drug-likeness (QED) is 0.257. The highest BCUT2D eigenvalue weighted by molar-refractivity contribution is 6.05. The first-order chi connectivity index (χ1) is 15.5. The lowest BCUT2D eigenvalue weighted by molar-refractivity contribution is -0.384. The van der Waals surface area contributed by atoms with Gasteiger partial charge in [0.05, 0.1) is 21.7 Å². The topological polar surface area (TPSA) is 123 Å². The van der Waals surface area contributed by atoms with Crippen molar-refractivity contribution in [2.45, 2.75) is 13.1 Å². The Bertz CT molecular complexity index is 1400. The number of carbonyl (C=O) groups is 1. The van der Waals surface area contributed by atoms with Gasteiger partial charge in [0.1, 0.15) is 11.2 Å². The number of carbonyl (C=O) groups excluding carboxylic acids is 1. The molecule has 9 nitrogen and oxygen atoms in total. The molecule has 0 aliphatic carbocycles. The predicted octanol–water partition coefficient (Wildman–Crippen LogP) is 4.82. The zero-order valence-corrected chi connectivity index (χ0v) is 16.8. The van der Waals surface area contributed by atoms with Gasteiger partial charge in [0.15, 0.2) is 5.82 Å². The lowest BCUT2D eigenvalue weighted by Gasteiger charge is -2.11. The monoisotopic (exact) mass is 457 g/mol. The molecule has 33 heavy (non-hydrogen) atoms. The molecule has 0 unspecified atom stereocenters. The minimum Gasteiger partial charge on any atom is -0.426 e. The van der Waals surface area contributed by atoms with E-state index < -0.39 is 22.7 Å². The fourth-order valence-electron chi connectivity index (χ4n) is 3.21. The van der Waals surface area contributed by atoms with E-state index >= 15 is 0 Å². The Morgan fingerprint density at radius 1 is 1.09 bits per heavy atom. The standard InChI is InChI=1S/C21H14F3N5O4/c1-11-15(7-9-18(25-11)21(22,23)24)20(30)26-13-4-2-12(3-5-13)19-27-16-8-6-14(29(32)33)10-17(16)28(19)31/h2-10,31H,1H3,(H,26,30). The van der Waals surface area contributed by atoms with Crippen molar-refractivity contribution in [1.82, 2.24) is 14.7 Å². The van der Waals surface area contributed by atoms with Crippen molar-refractivity contribution in [1.29, 1.82) is 0 Å². The molecule has 12 heteroatoms. The van der Waals surface area contributed by atoms with Crippen LogP contribution in [-0.4, -0.2) is 30.7 Å². The lowest BCUT2D eigenvalue weighted by atomic mass is 10.1. The third kappa shape index (κ3) is 4.18. The van der Waals surface area contributed by atoms with E-state index in [0.717, 1.165) is 16.9 Å². The first-order valence-electron chi connectivity index (χ1n) is 9.37. The molecule has 4 rings (SSSR count). The molecule has 0 aliphatic heterocycles. The molecule has 0 saturated carbocycles. The van der Waals surface area contributed by atoms with Gasteiger partial charge < -0.3 is 10.5 Å². The van der Waals surface area contributed by atoms with Crippen LogP contribution in [0, 0.1) is 17.0 Å². The molecule has 4 aromatic rings. The number of pyridine rings is 1. The largest absolute Gasteiger partial charge is 0.433 e. The lowest BCUT2D eigenvalue weighted by Crippen LogP contribution is -2.16. The van der Waals surface area contributed by atoms with Crippen LogP contribution < -0.4 is 5.32 Å². The summed E-state index contributed by atoms with van der Waals surface area (Å²) in [6.07, 6.45) is -4.61. The molecule has 1 amide bonds. The highest BCUT2D eigenvalue weighted by atomic mass is 19.4. The maximum absolute atomic E-state index is 12.8. The molecule has 0 radical (unpaired) electrons. The van der Waals surface area contributed by atoms with Gasteiger partial charge in [-0.3, -0.25) is 14.9 Å². The number of fused-ring (bicyclic) bond motifs is 1. The number of amides is 1. The van der Waals surface area contributed by atoms with E-state index in [-0.39, 0.29) is 28.3 Å². The van der Waals surface area contributed by atoms with E-state index in [1.807, 2.05) is 0 Å². The van der Waals surface area contributed by atoms with E-state index in [2.05, 4.69) is 15.3 Å². The molecule has 0 saturated heterocycles. The molecule has 2 heterocycles. The number of hydrogen-bond acceptors (Lipinski definition) is 6. The number of non-ortho nitro benzene ring substituents is 1. The van der Waals surface area contributed by atoms with Crippen molar-refractivity contribution in [2.75, 3.05) is 5.32 Å². The molecular formula is C21H14F3N5O4. The Balaban J connectivity index is 1.56. The van der Waals surface area contributed by atoms with E-state index in [1.165, 1.54) is 37.3 Å². The molecule has 2 aromatic heterocycles. The average molecular weight is 457 g/mol. The van der Waals surface area contributed by atoms with Gasteiger partial charge in [-0.05, 0) is 49.4 Å². The predicted molar refractivity (Wildman–Crippen MR) is 111 cm³/mol. The van der Waals surface area contributed by atoms with Gasteiger partial charge in [0.25, 0.3) is 11.6 Å². The second-order valence-electron chi connectivity index (χ2n) is 7.04. The van der Waals surface area contributed by atoms with Crippen LogP contribution in [0.3, 0.4) is 0 Å². The molecule has 0 spiro atoms. The number of halogens is 3. The van der Waals surface area contributed by atoms with Gasteiger partial charge in [-0.2, -0.15) is 17.9 Å². The van der Waals surface area contributed by atoms with Gasteiger partial charge in [0.2, 0.25) is 0 Å². The summed E-state index contributed by atoms with van der Waals surface area (Å²) in [6.45, 7) is 1.31. The zero-order valence-electron chi connectivity index (χ0n) is 16.8. The number of nitro groups is 1. The number of anilines is 1. The van der Waals surface area contributed by atoms with Crippen LogP contribution in [0.25, 0.3) is 22.4 Å². The van der Waals surface area contributed by atoms with Crippen LogP contribution in [-0.2, 0) is 6.18 Å². The molecule has 0 aliphatic rings. The molecule has 168 valence electrons. The summed E-state index contributed by atoms with van der Waals surface area (Å²) in [5.41, 5.74) is -0.0509. The van der Waals surface area contributed by atoms with E-state index in [9.17, 15) is 33.3 Å².